The first-order valence-electron chi connectivity index (χ1n) is 7.86. The van der Waals surface area contributed by atoms with E-state index in [0.29, 0.717) is 28.2 Å². The van der Waals surface area contributed by atoms with E-state index in [-0.39, 0.29) is 10.5 Å². The van der Waals surface area contributed by atoms with Gasteiger partial charge in [0.2, 0.25) is 5.95 Å². The van der Waals surface area contributed by atoms with Gasteiger partial charge in [0.25, 0.3) is 5.56 Å². The van der Waals surface area contributed by atoms with Crippen LogP contribution in [0.4, 0.5) is 5.95 Å². The van der Waals surface area contributed by atoms with Crippen molar-refractivity contribution in [3.05, 3.63) is 34.2 Å². The number of aromatic nitrogens is 3. The molecule has 1 aliphatic rings. The molecule has 0 bridgehead atoms. The largest absolute Gasteiger partial charge is 0.342 e. The monoisotopic (exact) mass is 346 g/mol. The minimum atomic E-state index is -3.34. The highest BCUT2D eigenvalue weighted by Gasteiger charge is 2.22. The summed E-state index contributed by atoms with van der Waals surface area (Å²) in [5.74, 6) is 0.710. The van der Waals surface area contributed by atoms with E-state index >= 15 is 0 Å². The summed E-state index contributed by atoms with van der Waals surface area (Å²) in [6.45, 7) is 3.58. The molecule has 1 aliphatic heterocycles. The highest BCUT2D eigenvalue weighted by Crippen LogP contribution is 2.26. The molecule has 0 saturated carbocycles. The Morgan fingerprint density at radius 2 is 1.92 bits per heavy atom. The molecule has 4 rings (SSSR count). The van der Waals surface area contributed by atoms with Gasteiger partial charge in [-0.05, 0) is 38.0 Å². The van der Waals surface area contributed by atoms with Crippen LogP contribution >= 0.6 is 0 Å². The van der Waals surface area contributed by atoms with E-state index in [1.165, 1.54) is 12.3 Å². The summed E-state index contributed by atoms with van der Waals surface area (Å²) in [6, 6.07) is 4.75. The van der Waals surface area contributed by atoms with Crippen LogP contribution in [0, 0.1) is 6.92 Å². The van der Waals surface area contributed by atoms with Crippen LogP contribution in [0.3, 0.4) is 0 Å². The van der Waals surface area contributed by atoms with Crippen molar-refractivity contribution in [3.63, 3.8) is 0 Å². The van der Waals surface area contributed by atoms with Gasteiger partial charge >= 0.3 is 0 Å². The van der Waals surface area contributed by atoms with E-state index in [1.54, 1.807) is 23.5 Å². The number of H-pyrrole nitrogens is 1. The van der Waals surface area contributed by atoms with E-state index in [0.717, 1.165) is 25.9 Å². The Balaban J connectivity index is 2.16. The maximum Gasteiger partial charge on any atom is 0.274 e. The molecule has 24 heavy (non-hydrogen) atoms. The van der Waals surface area contributed by atoms with Gasteiger partial charge in [-0.3, -0.25) is 9.20 Å². The third-order valence-corrected chi connectivity index (χ3v) is 5.63. The lowest BCUT2D eigenvalue weighted by Crippen LogP contribution is -2.21. The fourth-order valence-corrected chi connectivity index (χ4v) is 3.99. The number of fused-ring (bicyclic) bond motifs is 3. The molecule has 0 aliphatic carbocycles. The average Bonchev–Trinajstić information content (AvgIpc) is 3.14. The molecule has 3 heterocycles. The van der Waals surface area contributed by atoms with Crippen LogP contribution < -0.4 is 10.5 Å². The number of nitrogens with one attached hydrogen (secondary N) is 1. The van der Waals surface area contributed by atoms with Crippen molar-refractivity contribution in [3.8, 4) is 0 Å². The lowest BCUT2D eigenvalue weighted by Gasteiger charge is -2.16. The molecular weight excluding hydrogens is 328 g/mol. The molecule has 1 saturated heterocycles. The quantitative estimate of drug-likeness (QED) is 0.759. The predicted molar refractivity (Wildman–Crippen MR) is 92.6 cm³/mol. The smallest absolute Gasteiger partial charge is 0.274 e. The second-order valence-electron chi connectivity index (χ2n) is 6.28. The van der Waals surface area contributed by atoms with Crippen LogP contribution in [0.1, 0.15) is 18.5 Å². The van der Waals surface area contributed by atoms with E-state index in [2.05, 4.69) is 14.9 Å². The van der Waals surface area contributed by atoms with Gasteiger partial charge in [0, 0.05) is 19.3 Å². The number of nitrogens with zero attached hydrogens (tertiary/aromatic N) is 3. The molecule has 1 fully saturated rings. The Morgan fingerprint density at radius 3 is 2.58 bits per heavy atom. The SMILES string of the molecule is Cc1nc(N2CCCC2)n2c1c(=O)[nH]c1ccc(S(C)(=O)=O)cc12. The first kappa shape index (κ1) is 15.2. The van der Waals surface area contributed by atoms with Crippen LogP contribution in [-0.4, -0.2) is 42.1 Å². The Hall–Kier alpha value is -2.35. The summed E-state index contributed by atoms with van der Waals surface area (Å²) in [6.07, 6.45) is 3.35. The van der Waals surface area contributed by atoms with Crippen LogP contribution in [-0.2, 0) is 9.84 Å². The number of sulfone groups is 1. The summed E-state index contributed by atoms with van der Waals surface area (Å²) in [4.78, 5) is 22.3. The van der Waals surface area contributed by atoms with E-state index in [1.807, 2.05) is 0 Å². The van der Waals surface area contributed by atoms with Gasteiger partial charge in [0.05, 0.1) is 21.6 Å². The van der Waals surface area contributed by atoms with Crippen molar-refractivity contribution in [1.29, 1.82) is 0 Å². The summed E-state index contributed by atoms with van der Waals surface area (Å²) < 4.78 is 25.6. The Morgan fingerprint density at radius 1 is 1.21 bits per heavy atom. The summed E-state index contributed by atoms with van der Waals surface area (Å²) in [7, 11) is -3.34. The first-order valence-corrected chi connectivity index (χ1v) is 9.75. The van der Waals surface area contributed by atoms with Gasteiger partial charge in [-0.2, -0.15) is 0 Å². The first-order chi connectivity index (χ1) is 11.4. The summed E-state index contributed by atoms with van der Waals surface area (Å²) >= 11 is 0. The van der Waals surface area contributed by atoms with E-state index in [4.69, 9.17) is 0 Å². The minimum Gasteiger partial charge on any atom is -0.342 e. The number of anilines is 1. The number of aromatic amines is 1. The number of benzene rings is 1. The van der Waals surface area contributed by atoms with Crippen LogP contribution in [0.5, 0.6) is 0 Å². The van der Waals surface area contributed by atoms with E-state index < -0.39 is 9.84 Å². The zero-order chi connectivity index (χ0) is 17.1. The second-order valence-corrected chi connectivity index (χ2v) is 8.30. The number of imidazole rings is 1. The Kier molecular flexibility index (Phi) is 3.21. The molecule has 1 aromatic carbocycles. The third kappa shape index (κ3) is 2.21. The highest BCUT2D eigenvalue weighted by molar-refractivity contribution is 7.90. The van der Waals surface area contributed by atoms with Gasteiger partial charge in [-0.1, -0.05) is 0 Å². The number of hydrogen-bond donors (Lipinski definition) is 1. The average molecular weight is 346 g/mol. The van der Waals surface area contributed by atoms with Gasteiger partial charge in [-0.15, -0.1) is 0 Å². The molecular formula is C16H18N4O3S. The highest BCUT2D eigenvalue weighted by atomic mass is 32.2. The van der Waals surface area contributed by atoms with Gasteiger partial charge in [0.15, 0.2) is 9.84 Å². The molecule has 0 atom stereocenters. The maximum absolute atomic E-state index is 12.5. The number of aryl methyl sites for hydroxylation is 1. The maximum atomic E-state index is 12.5. The second kappa shape index (κ2) is 5.07. The zero-order valence-electron chi connectivity index (χ0n) is 13.5. The van der Waals surface area contributed by atoms with Crippen molar-refractivity contribution in [2.75, 3.05) is 24.2 Å². The van der Waals surface area contributed by atoms with Gasteiger partial charge in [-0.25, -0.2) is 13.4 Å². The van der Waals surface area contributed by atoms with Crippen molar-refractivity contribution < 1.29 is 8.42 Å². The fourth-order valence-electron chi connectivity index (χ4n) is 3.35. The van der Waals surface area contributed by atoms with Crippen LogP contribution in [0.25, 0.3) is 16.6 Å². The van der Waals surface area contributed by atoms with Crippen LogP contribution in [0.2, 0.25) is 0 Å². The standard InChI is InChI=1S/C16H18N4O3S/c1-10-14-15(21)18-12-6-5-11(24(2,22)23)9-13(12)20(14)16(17-10)19-7-3-4-8-19/h5-6,9H,3-4,7-8H2,1-2H3,(H,18,21). The molecule has 7 nitrogen and oxygen atoms in total. The van der Waals surface area contributed by atoms with Gasteiger partial charge in [0.1, 0.15) is 5.52 Å². The van der Waals surface area contributed by atoms with Crippen molar-refractivity contribution in [2.45, 2.75) is 24.7 Å². The fraction of sp³-hybridized carbons (Fsp3) is 0.375. The molecule has 0 spiro atoms. The van der Waals surface area contributed by atoms with Gasteiger partial charge < -0.3 is 9.88 Å². The molecule has 3 aromatic rings. The molecule has 1 N–H and O–H groups in total. The van der Waals surface area contributed by atoms with Crippen molar-refractivity contribution in [2.24, 2.45) is 0 Å². The molecule has 0 radical (unpaired) electrons. The summed E-state index contributed by atoms with van der Waals surface area (Å²) in [5, 5.41) is 0. The molecule has 0 unspecified atom stereocenters. The van der Waals surface area contributed by atoms with Crippen molar-refractivity contribution >= 4 is 32.3 Å². The zero-order valence-corrected chi connectivity index (χ0v) is 14.4. The lowest BCUT2D eigenvalue weighted by atomic mass is 10.3. The predicted octanol–water partition coefficient (Wildman–Crippen LogP) is 1.49. The Labute approximate surface area is 138 Å². The molecule has 2 aromatic heterocycles. The van der Waals surface area contributed by atoms with Crippen LogP contribution in [0.15, 0.2) is 27.9 Å². The number of rotatable bonds is 2. The topological polar surface area (TPSA) is 87.5 Å². The summed E-state index contributed by atoms with van der Waals surface area (Å²) in [5.41, 5.74) is 2.14. The van der Waals surface area contributed by atoms with Crippen molar-refractivity contribution in [1.82, 2.24) is 14.4 Å². The minimum absolute atomic E-state index is 0.218. The third-order valence-electron chi connectivity index (χ3n) is 4.52. The molecule has 126 valence electrons. The molecule has 8 heteroatoms. The normalized spacial score (nSPS) is 15.7. The molecule has 0 amide bonds. The number of hydrogen-bond acceptors (Lipinski definition) is 5. The Bertz CT molecular complexity index is 1120. The van der Waals surface area contributed by atoms with E-state index in [9.17, 15) is 13.2 Å². The lowest BCUT2D eigenvalue weighted by molar-refractivity contribution is 0.602.